The largest absolute Gasteiger partial charge is 0.386 e. The molecule has 1 aromatic heterocycles. The standard InChI is InChI=1S/C23H29F3N6O/c1-2-23(8-5-15(6-9-23)31-19-4-3-14(24)11-18(19)25)30-13-17(22(28)33)21(27)32-16-7-10-29-20(26)12-16/h3-4,7,10-12,15,17,30-31H,2,5-6,8-9,13H2,1H3,(H2,28,33)(H2,27,29,32). The van der Waals surface area contributed by atoms with Crippen molar-refractivity contribution >= 4 is 23.1 Å². The van der Waals surface area contributed by atoms with Crippen LogP contribution in [0, 0.1) is 23.5 Å². The van der Waals surface area contributed by atoms with Gasteiger partial charge in [0.2, 0.25) is 11.9 Å². The summed E-state index contributed by atoms with van der Waals surface area (Å²) in [5, 5.41) is 6.60. The van der Waals surface area contributed by atoms with Crippen molar-refractivity contribution in [2.75, 3.05) is 11.9 Å². The van der Waals surface area contributed by atoms with Crippen LogP contribution in [0.2, 0.25) is 0 Å². The van der Waals surface area contributed by atoms with Gasteiger partial charge in [0, 0.05) is 36.5 Å². The van der Waals surface area contributed by atoms with E-state index in [0.29, 0.717) is 0 Å². The summed E-state index contributed by atoms with van der Waals surface area (Å²) < 4.78 is 40.4. The summed E-state index contributed by atoms with van der Waals surface area (Å²) in [6, 6.07) is 6.13. The van der Waals surface area contributed by atoms with E-state index < -0.39 is 29.4 Å². The number of halogens is 3. The van der Waals surface area contributed by atoms with Crippen LogP contribution < -0.4 is 22.1 Å². The number of hydrogen-bond donors (Lipinski definition) is 4. The molecule has 1 atom stereocenters. The number of amidine groups is 1. The van der Waals surface area contributed by atoms with Gasteiger partial charge in [0.05, 0.1) is 11.4 Å². The monoisotopic (exact) mass is 462 g/mol. The van der Waals surface area contributed by atoms with Gasteiger partial charge in [0.25, 0.3) is 0 Å². The first-order valence-electron chi connectivity index (χ1n) is 10.9. The minimum absolute atomic E-state index is 0.00556. The molecule has 33 heavy (non-hydrogen) atoms. The average Bonchev–Trinajstić information content (AvgIpc) is 2.77. The summed E-state index contributed by atoms with van der Waals surface area (Å²) in [7, 11) is 0. The van der Waals surface area contributed by atoms with Crippen LogP contribution in [-0.2, 0) is 4.79 Å². The number of primary amides is 1. The van der Waals surface area contributed by atoms with Gasteiger partial charge in [-0.1, -0.05) is 6.92 Å². The molecule has 0 spiro atoms. The molecule has 0 aliphatic heterocycles. The smallest absolute Gasteiger partial charge is 0.229 e. The number of aliphatic imine (C=N–C) groups is 1. The average molecular weight is 463 g/mol. The Labute approximate surface area is 190 Å². The fourth-order valence-electron chi connectivity index (χ4n) is 4.15. The zero-order valence-corrected chi connectivity index (χ0v) is 18.5. The summed E-state index contributed by atoms with van der Waals surface area (Å²) in [4.78, 5) is 19.6. The van der Waals surface area contributed by atoms with Crippen molar-refractivity contribution in [1.82, 2.24) is 10.3 Å². The Bertz CT molecular complexity index is 1010. The van der Waals surface area contributed by atoms with Crippen molar-refractivity contribution in [3.63, 3.8) is 0 Å². The molecule has 3 rings (SSSR count). The molecule has 1 heterocycles. The van der Waals surface area contributed by atoms with Crippen molar-refractivity contribution in [1.29, 1.82) is 0 Å². The summed E-state index contributed by atoms with van der Waals surface area (Å²) >= 11 is 0. The lowest BCUT2D eigenvalue weighted by Crippen LogP contribution is -2.53. The van der Waals surface area contributed by atoms with Gasteiger partial charge >= 0.3 is 0 Å². The first kappa shape index (κ1) is 24.5. The molecule has 1 saturated carbocycles. The molecule has 2 aromatic rings. The Morgan fingerprint density at radius 2 is 1.94 bits per heavy atom. The van der Waals surface area contributed by atoms with Gasteiger partial charge in [0.1, 0.15) is 23.4 Å². The normalized spacial score (nSPS) is 22.1. The van der Waals surface area contributed by atoms with Gasteiger partial charge in [-0.2, -0.15) is 4.39 Å². The molecular formula is C23H29F3N6O. The van der Waals surface area contributed by atoms with Crippen molar-refractivity contribution in [2.45, 2.75) is 50.6 Å². The van der Waals surface area contributed by atoms with E-state index in [2.05, 4.69) is 27.5 Å². The third kappa shape index (κ3) is 6.44. The predicted octanol–water partition coefficient (Wildman–Crippen LogP) is 3.38. The van der Waals surface area contributed by atoms with Crippen LogP contribution in [-0.4, -0.2) is 34.9 Å². The van der Waals surface area contributed by atoms with Crippen molar-refractivity contribution in [2.24, 2.45) is 22.4 Å². The first-order chi connectivity index (χ1) is 15.7. The molecule has 6 N–H and O–H groups in total. The summed E-state index contributed by atoms with van der Waals surface area (Å²) in [6.45, 7) is 2.24. The highest BCUT2D eigenvalue weighted by molar-refractivity contribution is 6.02. The predicted molar refractivity (Wildman–Crippen MR) is 121 cm³/mol. The number of benzene rings is 1. The second-order valence-electron chi connectivity index (χ2n) is 8.39. The summed E-state index contributed by atoms with van der Waals surface area (Å²) in [6.07, 6.45) is 5.15. The van der Waals surface area contributed by atoms with E-state index in [4.69, 9.17) is 11.5 Å². The van der Waals surface area contributed by atoms with Gasteiger partial charge in [-0.3, -0.25) is 4.79 Å². The number of pyridine rings is 1. The Kier molecular flexibility index (Phi) is 7.91. The second-order valence-corrected chi connectivity index (χ2v) is 8.39. The van der Waals surface area contributed by atoms with E-state index >= 15 is 0 Å². The Hall–Kier alpha value is -3.14. The van der Waals surface area contributed by atoms with E-state index in [9.17, 15) is 18.0 Å². The van der Waals surface area contributed by atoms with Gasteiger partial charge in [-0.05, 0) is 50.3 Å². The molecule has 0 radical (unpaired) electrons. The maximum Gasteiger partial charge on any atom is 0.229 e. The zero-order valence-electron chi connectivity index (χ0n) is 18.5. The third-order valence-electron chi connectivity index (χ3n) is 6.26. The number of hydrogen-bond acceptors (Lipinski definition) is 5. The first-order valence-corrected chi connectivity index (χ1v) is 10.9. The molecular weight excluding hydrogens is 433 g/mol. The van der Waals surface area contributed by atoms with E-state index in [0.717, 1.165) is 44.2 Å². The lowest BCUT2D eigenvalue weighted by Gasteiger charge is -2.41. The number of nitrogens with zero attached hydrogens (tertiary/aromatic N) is 2. The Morgan fingerprint density at radius 3 is 2.55 bits per heavy atom. The number of carbonyl (C=O) groups is 1. The molecule has 7 nitrogen and oxygen atoms in total. The van der Waals surface area contributed by atoms with Crippen LogP contribution in [0.3, 0.4) is 0 Å². The van der Waals surface area contributed by atoms with Crippen LogP contribution in [0.25, 0.3) is 0 Å². The fraction of sp³-hybridized carbons (Fsp3) is 0.435. The Balaban J connectivity index is 1.61. The molecule has 1 aliphatic carbocycles. The third-order valence-corrected chi connectivity index (χ3v) is 6.26. The van der Waals surface area contributed by atoms with E-state index in [1.165, 1.54) is 24.4 Å². The van der Waals surface area contributed by atoms with Gasteiger partial charge in [-0.15, -0.1) is 0 Å². The van der Waals surface area contributed by atoms with E-state index in [-0.39, 0.29) is 35.3 Å². The highest BCUT2D eigenvalue weighted by Gasteiger charge is 2.35. The molecule has 1 amide bonds. The maximum absolute atomic E-state index is 14.0. The minimum atomic E-state index is -0.867. The highest BCUT2D eigenvalue weighted by atomic mass is 19.1. The van der Waals surface area contributed by atoms with E-state index in [1.54, 1.807) is 0 Å². The van der Waals surface area contributed by atoms with Crippen LogP contribution in [0.5, 0.6) is 0 Å². The fourth-order valence-corrected chi connectivity index (χ4v) is 4.15. The lowest BCUT2D eigenvalue weighted by molar-refractivity contribution is -0.119. The number of carbonyl (C=O) groups excluding carboxylic acids is 1. The number of aromatic nitrogens is 1. The molecule has 178 valence electrons. The molecule has 0 saturated heterocycles. The number of nitrogens with two attached hydrogens (primary N) is 2. The topological polar surface area (TPSA) is 118 Å². The van der Waals surface area contributed by atoms with Crippen molar-refractivity contribution < 1.29 is 18.0 Å². The van der Waals surface area contributed by atoms with Gasteiger partial charge in [-0.25, -0.2) is 18.8 Å². The molecule has 0 bridgehead atoms. The number of anilines is 1. The minimum Gasteiger partial charge on any atom is -0.386 e. The molecule has 1 unspecified atom stereocenters. The zero-order chi connectivity index (χ0) is 24.0. The van der Waals surface area contributed by atoms with Crippen LogP contribution in [0.1, 0.15) is 39.0 Å². The van der Waals surface area contributed by atoms with Crippen LogP contribution in [0.4, 0.5) is 24.5 Å². The molecule has 1 fully saturated rings. The summed E-state index contributed by atoms with van der Waals surface area (Å²) in [5.74, 6) is -3.44. The Morgan fingerprint density at radius 1 is 1.21 bits per heavy atom. The number of rotatable bonds is 9. The molecule has 1 aromatic carbocycles. The van der Waals surface area contributed by atoms with Crippen LogP contribution >= 0.6 is 0 Å². The quantitative estimate of drug-likeness (QED) is 0.259. The SMILES string of the molecule is CCC1(NCC(C(N)=O)C(N)=Nc2ccnc(F)c2)CCC(Nc2ccc(F)cc2F)CC1. The van der Waals surface area contributed by atoms with Gasteiger partial charge < -0.3 is 22.1 Å². The molecule has 10 heteroatoms. The van der Waals surface area contributed by atoms with Crippen LogP contribution in [0.15, 0.2) is 41.5 Å². The van der Waals surface area contributed by atoms with Crippen molar-refractivity contribution in [3.8, 4) is 0 Å². The highest BCUT2D eigenvalue weighted by Crippen LogP contribution is 2.33. The second kappa shape index (κ2) is 10.7. The number of amides is 1. The maximum atomic E-state index is 14.0. The number of nitrogens with one attached hydrogen (secondary N) is 2. The molecule has 1 aliphatic rings. The van der Waals surface area contributed by atoms with E-state index in [1.807, 2.05) is 0 Å². The van der Waals surface area contributed by atoms with Gasteiger partial charge in [0.15, 0.2) is 0 Å². The lowest BCUT2D eigenvalue weighted by atomic mass is 9.77. The van der Waals surface area contributed by atoms with Crippen molar-refractivity contribution in [3.05, 3.63) is 54.1 Å². The summed E-state index contributed by atoms with van der Waals surface area (Å²) in [5.41, 5.74) is 11.9.